The Balaban J connectivity index is 1.04. The van der Waals surface area contributed by atoms with Crippen LogP contribution in [0.2, 0.25) is 0 Å². The molecule has 0 amide bonds. The van der Waals surface area contributed by atoms with Crippen LogP contribution in [-0.4, -0.2) is 171 Å². The fraction of sp³-hybridized carbons (Fsp3) is 0.250. The number of rotatable bonds is 24. The predicted octanol–water partition coefficient (Wildman–Crippen LogP) is 20.2. The zero-order valence-electron chi connectivity index (χ0n) is 71.7. The Labute approximate surface area is 698 Å². The molecule has 0 heterocycles. The van der Waals surface area contributed by atoms with Crippen LogP contribution in [0.1, 0.15) is 0 Å². The van der Waals surface area contributed by atoms with Crippen LogP contribution in [0.4, 0.5) is 0 Å². The zero-order valence-corrected chi connectivity index (χ0v) is 71.7. The molecule has 624 valence electrons. The van der Waals surface area contributed by atoms with Gasteiger partial charge in [0.1, 0.15) is 138 Å². The van der Waals surface area contributed by atoms with Gasteiger partial charge >= 0.3 is 0 Å². The summed E-state index contributed by atoms with van der Waals surface area (Å²) in [7, 11) is 38.2. The lowest BCUT2D eigenvalue weighted by atomic mass is 9.90. The molecule has 0 N–H and O–H groups in total. The van der Waals surface area contributed by atoms with Crippen LogP contribution in [0.25, 0.3) is 134 Å². The summed E-state index contributed by atoms with van der Waals surface area (Å²) in [6, 6.07) is 45.1. The van der Waals surface area contributed by atoms with Crippen molar-refractivity contribution < 1.29 is 114 Å². The van der Waals surface area contributed by atoms with Gasteiger partial charge in [0.15, 0.2) is 0 Å². The molecule has 34 aliphatic rings. The standard InChI is InChI=1S/C96H96O24/c1-97-73-25-50-52-28-78(102-6)54(30-77(52)101-5)56-32-82(106-10)58(34-81(56)105-9)60-36-86(110-14)62(38-85(60)109-13)64-40-90(114-18)66(42-89(64)113-17)68-44-94(118-22)70(46-93(68)117-21)72-48-95(119-23)71(47-96(72)120-24)69-45-91(115-19)67(43-92(69)116-20)65-41-87(111-15)63(39-88(65)112-16)61-37-83(107-11)59(35-84(61)108-12)57-33-79(103-7)55(31-80(57)104-8)53-29-75(99-3)51(27-76(53)100-4)49(73)26-74(50)98-2/h25-48H,1-24H3. The van der Waals surface area contributed by atoms with Crippen LogP contribution in [0.3, 0.4) is 0 Å². The third kappa shape index (κ3) is 14.6. The molecule has 120 heavy (non-hydrogen) atoms. The van der Waals surface area contributed by atoms with E-state index in [1.807, 2.05) is 146 Å². The third-order valence-electron chi connectivity index (χ3n) is 21.7. The van der Waals surface area contributed by atoms with Crippen molar-refractivity contribution in [2.45, 2.75) is 0 Å². The first-order chi connectivity index (χ1) is 58.4. The summed E-state index contributed by atoms with van der Waals surface area (Å²) in [4.78, 5) is 0. The van der Waals surface area contributed by atoms with Crippen LogP contribution in [-0.2, 0) is 0 Å². The highest BCUT2D eigenvalue weighted by atomic mass is 16.5. The second-order valence-electron chi connectivity index (χ2n) is 27.0. The number of methoxy groups -OCH3 is 24. The molecule has 12 aromatic carbocycles. The maximum atomic E-state index is 6.29. The Kier molecular flexibility index (Phi) is 25.0. The molecule has 0 aromatic heterocycles. The van der Waals surface area contributed by atoms with E-state index < -0.39 is 0 Å². The van der Waals surface area contributed by atoms with Crippen molar-refractivity contribution in [1.82, 2.24) is 0 Å². The first-order valence-electron chi connectivity index (χ1n) is 37.6. The first-order valence-corrected chi connectivity index (χ1v) is 37.6. The van der Waals surface area contributed by atoms with E-state index in [0.717, 1.165) is 0 Å². The summed E-state index contributed by atoms with van der Waals surface area (Å²) in [5.74, 6) is 11.0. The maximum Gasteiger partial charge on any atom is 0.127 e. The maximum absolute atomic E-state index is 6.29. The highest BCUT2D eigenvalue weighted by Gasteiger charge is 2.33. The van der Waals surface area contributed by atoms with E-state index in [-0.39, 0.29) is 0 Å². The van der Waals surface area contributed by atoms with Gasteiger partial charge in [-0.25, -0.2) is 0 Å². The van der Waals surface area contributed by atoms with Gasteiger partial charge in [-0.2, -0.15) is 0 Å². The molecule has 12 aromatic rings. The van der Waals surface area contributed by atoms with E-state index in [9.17, 15) is 0 Å². The molecule has 24 bridgehead atoms. The fourth-order valence-electron chi connectivity index (χ4n) is 15.8. The van der Waals surface area contributed by atoms with Gasteiger partial charge in [0.2, 0.25) is 0 Å². The van der Waals surface area contributed by atoms with Crippen molar-refractivity contribution in [2.75, 3.05) is 171 Å². The summed E-state index contributed by atoms with van der Waals surface area (Å²) in [5.41, 5.74) is 14.7. The second-order valence-corrected chi connectivity index (χ2v) is 27.0. The Morgan fingerprint density at radius 3 is 0.133 bits per heavy atom. The van der Waals surface area contributed by atoms with Gasteiger partial charge in [0, 0.05) is 134 Å². The molecule has 0 atom stereocenters. The highest BCUT2D eigenvalue weighted by Crippen LogP contribution is 2.59. The quantitative estimate of drug-likeness (QED) is 0.0548. The average Bonchev–Trinajstić information content (AvgIpc) is 0.755. The molecule has 0 spiro atoms. The molecule has 46 rings (SSSR count). The van der Waals surface area contributed by atoms with Crippen molar-refractivity contribution in [2.24, 2.45) is 0 Å². The van der Waals surface area contributed by atoms with Crippen molar-refractivity contribution in [1.29, 1.82) is 0 Å². The summed E-state index contributed by atoms with van der Waals surface area (Å²) in [5, 5.41) is 0. The van der Waals surface area contributed by atoms with Crippen LogP contribution in [0.5, 0.6) is 138 Å². The van der Waals surface area contributed by atoms with Gasteiger partial charge in [0.05, 0.1) is 171 Å². The van der Waals surface area contributed by atoms with E-state index >= 15 is 0 Å². The van der Waals surface area contributed by atoms with Gasteiger partial charge in [-0.3, -0.25) is 0 Å². The molecule has 0 unspecified atom stereocenters. The summed E-state index contributed by atoms with van der Waals surface area (Å²) in [6.45, 7) is 0. The van der Waals surface area contributed by atoms with Gasteiger partial charge in [0.25, 0.3) is 0 Å². The van der Waals surface area contributed by atoms with Crippen LogP contribution < -0.4 is 114 Å². The molecule has 24 nitrogen and oxygen atoms in total. The van der Waals surface area contributed by atoms with Gasteiger partial charge in [-0.05, 0) is 146 Å². The Hall–Kier alpha value is -14.2. The molecule has 0 saturated carbocycles. The van der Waals surface area contributed by atoms with E-state index in [2.05, 4.69) is 0 Å². The summed E-state index contributed by atoms with van der Waals surface area (Å²) >= 11 is 0. The average molecular weight is 1630 g/mol. The molecule has 24 heteroatoms. The van der Waals surface area contributed by atoms with E-state index in [1.54, 1.807) is 171 Å². The van der Waals surface area contributed by atoms with E-state index in [1.165, 1.54) is 0 Å². The zero-order chi connectivity index (χ0) is 85.7. The first kappa shape index (κ1) is 83.8. The smallest absolute Gasteiger partial charge is 0.127 e. The molecule has 0 aliphatic heterocycles. The van der Waals surface area contributed by atoms with Gasteiger partial charge < -0.3 is 114 Å². The van der Waals surface area contributed by atoms with E-state index in [4.69, 9.17) is 114 Å². The fourth-order valence-corrected chi connectivity index (χ4v) is 15.8. The third-order valence-corrected chi connectivity index (χ3v) is 21.7. The molecule has 0 saturated heterocycles. The molecular formula is C96H96O24. The number of benzene rings is 12. The number of hydrogen-bond donors (Lipinski definition) is 0. The summed E-state index contributed by atoms with van der Waals surface area (Å²) in [6.07, 6.45) is 0. The van der Waals surface area contributed by atoms with Crippen LogP contribution >= 0.6 is 0 Å². The normalized spacial score (nSPS) is 11.0. The lowest BCUT2D eigenvalue weighted by Crippen LogP contribution is -2.01. The minimum Gasteiger partial charge on any atom is -0.496 e. The lowest BCUT2D eigenvalue weighted by Gasteiger charge is -2.23. The van der Waals surface area contributed by atoms with Crippen molar-refractivity contribution in [3.63, 3.8) is 0 Å². The Morgan fingerprint density at radius 2 is 0.108 bits per heavy atom. The topological polar surface area (TPSA) is 222 Å². The largest absolute Gasteiger partial charge is 0.496 e. The molecule has 34 aliphatic carbocycles. The SMILES string of the molecule is COc1cc2c(OC)cc1-c1cc(OC)c(cc1OC)-c1cc(OC)c(cc1OC)-c1cc(OC)c(cc1OC)-c1cc(OC)c(cc1OC)-c1cc(OC)c(cc1OC)-c1cc(OC)c(cc1OC)-c1cc(OC)c(cc1OC)-c1cc(OC)c(cc1OC)-c1cc(OC)c(cc1OC)-c1cc(OC)c(cc1OC)-c1cc(OC)c-2cc1OC. The van der Waals surface area contributed by atoms with Gasteiger partial charge in [-0.15, -0.1) is 0 Å². The number of hydrogen-bond acceptors (Lipinski definition) is 24. The van der Waals surface area contributed by atoms with Crippen molar-refractivity contribution in [3.8, 4) is 272 Å². The Morgan fingerprint density at radius 1 is 0.0750 bits per heavy atom. The monoisotopic (exact) mass is 1630 g/mol. The van der Waals surface area contributed by atoms with Crippen LogP contribution in [0, 0.1) is 0 Å². The number of ether oxygens (including phenoxy) is 24. The molecule has 0 fully saturated rings. The van der Waals surface area contributed by atoms with E-state index in [0.29, 0.717) is 272 Å². The Bertz CT molecular complexity index is 4270. The predicted molar refractivity (Wildman–Crippen MR) is 462 cm³/mol. The van der Waals surface area contributed by atoms with Crippen molar-refractivity contribution in [3.05, 3.63) is 146 Å². The minimum absolute atomic E-state index is 0.457. The molecular weight excluding hydrogens is 1540 g/mol. The minimum atomic E-state index is 0.457. The molecule has 0 radical (unpaired) electrons. The van der Waals surface area contributed by atoms with Crippen molar-refractivity contribution >= 4 is 0 Å². The summed E-state index contributed by atoms with van der Waals surface area (Å²) < 4.78 is 151. The lowest BCUT2D eigenvalue weighted by molar-refractivity contribution is 0.396. The van der Waals surface area contributed by atoms with Gasteiger partial charge in [-0.1, -0.05) is 0 Å². The van der Waals surface area contributed by atoms with Crippen LogP contribution in [0.15, 0.2) is 146 Å². The second kappa shape index (κ2) is 35.7. The highest BCUT2D eigenvalue weighted by molar-refractivity contribution is 5.98.